The van der Waals surface area contributed by atoms with Crippen LogP contribution in [0.3, 0.4) is 0 Å². The molecule has 2 heteroatoms. The molecule has 1 saturated carbocycles. The summed E-state index contributed by atoms with van der Waals surface area (Å²) in [6, 6.07) is 8.53. The number of hydrogen-bond acceptors (Lipinski definition) is 2. The second-order valence-corrected chi connectivity index (χ2v) is 5.02. The van der Waals surface area contributed by atoms with Crippen molar-refractivity contribution < 1.29 is 9.47 Å². The third-order valence-electron chi connectivity index (χ3n) is 4.04. The standard InChI is InChI=1S/C14H18O2/c1-15-13-4-2-11(3-5-13)12-6-8-14(9-7-12)10-16-14/h2-5,12H,6-10H2,1H3. The fourth-order valence-corrected chi connectivity index (χ4v) is 2.74. The van der Waals surface area contributed by atoms with E-state index < -0.39 is 0 Å². The van der Waals surface area contributed by atoms with Crippen molar-refractivity contribution >= 4 is 0 Å². The lowest BCUT2D eigenvalue weighted by Gasteiger charge is -2.26. The molecule has 0 bridgehead atoms. The first-order chi connectivity index (χ1) is 7.81. The van der Waals surface area contributed by atoms with Gasteiger partial charge in [-0.15, -0.1) is 0 Å². The van der Waals surface area contributed by atoms with E-state index in [0.29, 0.717) is 5.60 Å². The van der Waals surface area contributed by atoms with E-state index in [1.807, 2.05) is 0 Å². The molecule has 1 saturated heterocycles. The predicted octanol–water partition coefficient (Wildman–Crippen LogP) is 3.12. The van der Waals surface area contributed by atoms with E-state index in [2.05, 4.69) is 24.3 Å². The van der Waals surface area contributed by atoms with Crippen LogP contribution in [0.1, 0.15) is 37.2 Å². The Bertz CT molecular complexity index is 355. The van der Waals surface area contributed by atoms with Crippen molar-refractivity contribution in [2.75, 3.05) is 13.7 Å². The molecule has 0 amide bonds. The molecular weight excluding hydrogens is 200 g/mol. The zero-order valence-electron chi connectivity index (χ0n) is 9.74. The van der Waals surface area contributed by atoms with Crippen LogP contribution in [0.5, 0.6) is 5.75 Å². The second-order valence-electron chi connectivity index (χ2n) is 5.02. The first-order valence-corrected chi connectivity index (χ1v) is 6.09. The van der Waals surface area contributed by atoms with Crippen LogP contribution < -0.4 is 4.74 Å². The first kappa shape index (κ1) is 10.2. The maximum absolute atomic E-state index is 5.54. The van der Waals surface area contributed by atoms with Gasteiger partial charge in [0.25, 0.3) is 0 Å². The highest BCUT2D eigenvalue weighted by molar-refractivity contribution is 5.29. The summed E-state index contributed by atoms with van der Waals surface area (Å²) in [5, 5.41) is 0. The first-order valence-electron chi connectivity index (χ1n) is 6.09. The molecule has 1 aromatic rings. The van der Waals surface area contributed by atoms with Crippen molar-refractivity contribution in [3.63, 3.8) is 0 Å². The molecular formula is C14H18O2. The van der Waals surface area contributed by atoms with E-state index in [-0.39, 0.29) is 0 Å². The van der Waals surface area contributed by atoms with Crippen LogP contribution in [0.4, 0.5) is 0 Å². The summed E-state index contributed by atoms with van der Waals surface area (Å²) in [7, 11) is 1.71. The molecule has 1 heterocycles. The predicted molar refractivity (Wildman–Crippen MR) is 62.9 cm³/mol. The minimum Gasteiger partial charge on any atom is -0.497 e. The highest BCUT2D eigenvalue weighted by atomic mass is 16.6. The van der Waals surface area contributed by atoms with Gasteiger partial charge in [-0.2, -0.15) is 0 Å². The van der Waals surface area contributed by atoms with Gasteiger partial charge in [-0.1, -0.05) is 12.1 Å². The molecule has 0 unspecified atom stereocenters. The molecule has 1 aliphatic carbocycles. The molecule has 16 heavy (non-hydrogen) atoms. The maximum Gasteiger partial charge on any atom is 0.118 e. The summed E-state index contributed by atoms with van der Waals surface area (Å²) in [6.45, 7) is 1.00. The Balaban J connectivity index is 1.67. The average molecular weight is 218 g/mol. The molecule has 1 aliphatic heterocycles. The largest absolute Gasteiger partial charge is 0.497 e. The Labute approximate surface area is 96.6 Å². The molecule has 3 rings (SSSR count). The molecule has 0 radical (unpaired) electrons. The van der Waals surface area contributed by atoms with Gasteiger partial charge < -0.3 is 9.47 Å². The monoisotopic (exact) mass is 218 g/mol. The van der Waals surface area contributed by atoms with E-state index in [0.717, 1.165) is 18.3 Å². The summed E-state index contributed by atoms with van der Waals surface area (Å²) in [5.41, 5.74) is 1.76. The lowest BCUT2D eigenvalue weighted by Crippen LogP contribution is -2.20. The lowest BCUT2D eigenvalue weighted by atomic mass is 9.79. The van der Waals surface area contributed by atoms with Crippen LogP contribution in [-0.2, 0) is 4.74 Å². The summed E-state index contributed by atoms with van der Waals surface area (Å²) in [4.78, 5) is 0. The molecule has 86 valence electrons. The van der Waals surface area contributed by atoms with E-state index in [1.165, 1.54) is 31.2 Å². The molecule has 1 aromatic carbocycles. The topological polar surface area (TPSA) is 21.8 Å². The van der Waals surface area contributed by atoms with Crippen molar-refractivity contribution in [3.05, 3.63) is 29.8 Å². The quantitative estimate of drug-likeness (QED) is 0.711. The van der Waals surface area contributed by atoms with Gasteiger partial charge in [-0.25, -0.2) is 0 Å². The zero-order valence-corrected chi connectivity index (χ0v) is 9.74. The molecule has 2 fully saturated rings. The number of benzene rings is 1. The van der Waals surface area contributed by atoms with Gasteiger partial charge in [-0.3, -0.25) is 0 Å². The maximum atomic E-state index is 5.54. The minimum atomic E-state index is 0.309. The highest BCUT2D eigenvalue weighted by Gasteiger charge is 2.46. The van der Waals surface area contributed by atoms with Crippen molar-refractivity contribution in [3.8, 4) is 5.75 Å². The van der Waals surface area contributed by atoms with Crippen LogP contribution in [0.25, 0.3) is 0 Å². The number of rotatable bonds is 2. The summed E-state index contributed by atoms with van der Waals surface area (Å²) >= 11 is 0. The van der Waals surface area contributed by atoms with Crippen LogP contribution >= 0.6 is 0 Å². The molecule has 0 N–H and O–H groups in total. The van der Waals surface area contributed by atoms with Crippen LogP contribution in [0, 0.1) is 0 Å². The summed E-state index contributed by atoms with van der Waals surface area (Å²) < 4.78 is 10.7. The molecule has 2 aliphatic rings. The second kappa shape index (κ2) is 3.77. The fourth-order valence-electron chi connectivity index (χ4n) is 2.74. The van der Waals surface area contributed by atoms with Gasteiger partial charge in [0.15, 0.2) is 0 Å². The number of hydrogen-bond donors (Lipinski definition) is 0. The smallest absolute Gasteiger partial charge is 0.118 e. The number of methoxy groups -OCH3 is 1. The Hall–Kier alpha value is -1.02. The minimum absolute atomic E-state index is 0.309. The molecule has 0 atom stereocenters. The Kier molecular flexibility index (Phi) is 2.40. The van der Waals surface area contributed by atoms with Crippen molar-refractivity contribution in [1.29, 1.82) is 0 Å². The third-order valence-corrected chi connectivity index (χ3v) is 4.04. The fraction of sp³-hybridized carbons (Fsp3) is 0.571. The van der Waals surface area contributed by atoms with Crippen LogP contribution in [-0.4, -0.2) is 19.3 Å². The van der Waals surface area contributed by atoms with Gasteiger partial charge in [-0.05, 0) is 49.3 Å². The van der Waals surface area contributed by atoms with Gasteiger partial charge in [0, 0.05) is 0 Å². The number of ether oxygens (including phenoxy) is 2. The van der Waals surface area contributed by atoms with Crippen molar-refractivity contribution in [1.82, 2.24) is 0 Å². The van der Waals surface area contributed by atoms with Crippen LogP contribution in [0.15, 0.2) is 24.3 Å². The van der Waals surface area contributed by atoms with E-state index >= 15 is 0 Å². The summed E-state index contributed by atoms with van der Waals surface area (Å²) in [5.74, 6) is 1.67. The zero-order chi connectivity index (χ0) is 11.0. The van der Waals surface area contributed by atoms with Gasteiger partial charge >= 0.3 is 0 Å². The summed E-state index contributed by atoms with van der Waals surface area (Å²) in [6.07, 6.45) is 5.02. The van der Waals surface area contributed by atoms with Crippen molar-refractivity contribution in [2.45, 2.75) is 37.2 Å². The Morgan fingerprint density at radius 3 is 2.31 bits per heavy atom. The third kappa shape index (κ3) is 1.82. The Morgan fingerprint density at radius 2 is 1.81 bits per heavy atom. The Morgan fingerprint density at radius 1 is 1.19 bits per heavy atom. The molecule has 1 spiro atoms. The SMILES string of the molecule is COc1ccc(C2CCC3(CC2)CO3)cc1. The average Bonchev–Trinajstić information content (AvgIpc) is 3.10. The van der Waals surface area contributed by atoms with Gasteiger partial charge in [0.2, 0.25) is 0 Å². The van der Waals surface area contributed by atoms with Crippen molar-refractivity contribution in [2.24, 2.45) is 0 Å². The van der Waals surface area contributed by atoms with E-state index in [4.69, 9.17) is 9.47 Å². The van der Waals surface area contributed by atoms with Crippen LogP contribution in [0.2, 0.25) is 0 Å². The molecule has 0 aromatic heterocycles. The lowest BCUT2D eigenvalue weighted by molar-refractivity contribution is 0.223. The normalized spacial score (nSPS) is 32.7. The van der Waals surface area contributed by atoms with Gasteiger partial charge in [0.1, 0.15) is 5.75 Å². The molecule has 2 nitrogen and oxygen atoms in total. The van der Waals surface area contributed by atoms with E-state index in [1.54, 1.807) is 7.11 Å². The van der Waals surface area contributed by atoms with Gasteiger partial charge in [0.05, 0.1) is 19.3 Å². The highest BCUT2D eigenvalue weighted by Crippen LogP contribution is 2.46. The van der Waals surface area contributed by atoms with E-state index in [9.17, 15) is 0 Å². The number of epoxide rings is 1.